The maximum Gasteiger partial charge on any atom is 0.307 e. The number of hydrogen-bond donors (Lipinski definition) is 2. The summed E-state index contributed by atoms with van der Waals surface area (Å²) in [4.78, 5) is 38.6. The second kappa shape index (κ2) is 9.41. The number of ketones is 1. The molecule has 34 heavy (non-hydrogen) atoms. The van der Waals surface area contributed by atoms with Gasteiger partial charge in [0.25, 0.3) is 11.7 Å². The standard InChI is InChI=1S/C26H20ClNO6/c1-34-20-12-6-16(7-13-20)23-22(24(31)17-4-8-18(27)9-5-17)25(32)26(33)28(23)19-10-2-15(3-11-19)14-21(29)30/h2-13,23,31H,14H2,1H3,(H,29,30)/b24-22+. The highest BCUT2D eigenvalue weighted by atomic mass is 35.5. The minimum atomic E-state index is -0.977. The molecule has 0 saturated carbocycles. The molecule has 1 fully saturated rings. The molecule has 0 bridgehead atoms. The van der Waals surface area contributed by atoms with Gasteiger partial charge in [-0.05, 0) is 59.7 Å². The number of hydrogen-bond acceptors (Lipinski definition) is 5. The van der Waals surface area contributed by atoms with Crippen molar-refractivity contribution in [1.82, 2.24) is 0 Å². The van der Waals surface area contributed by atoms with Gasteiger partial charge in [0, 0.05) is 16.3 Å². The van der Waals surface area contributed by atoms with Crippen LogP contribution < -0.4 is 9.64 Å². The van der Waals surface area contributed by atoms with Crippen LogP contribution in [0.25, 0.3) is 5.76 Å². The van der Waals surface area contributed by atoms with Gasteiger partial charge in [0.15, 0.2) is 0 Å². The van der Waals surface area contributed by atoms with E-state index < -0.39 is 23.7 Å². The number of ether oxygens (including phenoxy) is 1. The number of anilines is 1. The molecule has 0 aliphatic carbocycles. The number of halogens is 1. The van der Waals surface area contributed by atoms with E-state index in [0.717, 1.165) is 0 Å². The van der Waals surface area contributed by atoms with E-state index in [9.17, 15) is 19.5 Å². The Morgan fingerprint density at radius 3 is 2.12 bits per heavy atom. The van der Waals surface area contributed by atoms with Crippen molar-refractivity contribution in [2.45, 2.75) is 12.5 Å². The summed E-state index contributed by atoms with van der Waals surface area (Å²) in [5.41, 5.74) is 1.82. The molecule has 3 aromatic rings. The van der Waals surface area contributed by atoms with Gasteiger partial charge in [-0.3, -0.25) is 19.3 Å². The average molecular weight is 478 g/mol. The van der Waals surface area contributed by atoms with E-state index in [2.05, 4.69) is 0 Å². The zero-order chi connectivity index (χ0) is 24.4. The van der Waals surface area contributed by atoms with Gasteiger partial charge in [-0.15, -0.1) is 0 Å². The highest BCUT2D eigenvalue weighted by Crippen LogP contribution is 2.42. The Labute approximate surface area is 200 Å². The van der Waals surface area contributed by atoms with Crippen LogP contribution in [0, 0.1) is 0 Å². The van der Waals surface area contributed by atoms with Gasteiger partial charge in [-0.2, -0.15) is 0 Å². The summed E-state index contributed by atoms with van der Waals surface area (Å²) in [7, 11) is 1.53. The van der Waals surface area contributed by atoms with Crippen LogP contribution in [-0.2, 0) is 20.8 Å². The third-order valence-corrected chi connectivity index (χ3v) is 5.82. The third kappa shape index (κ3) is 4.38. The monoisotopic (exact) mass is 477 g/mol. The van der Waals surface area contributed by atoms with Crippen molar-refractivity contribution in [3.05, 3.63) is 100 Å². The molecule has 2 N–H and O–H groups in total. The predicted molar refractivity (Wildman–Crippen MR) is 127 cm³/mol. The normalized spacial score (nSPS) is 17.1. The first-order chi connectivity index (χ1) is 16.3. The van der Waals surface area contributed by atoms with E-state index in [-0.39, 0.29) is 17.8 Å². The van der Waals surface area contributed by atoms with Crippen molar-refractivity contribution in [1.29, 1.82) is 0 Å². The number of Topliss-reactive ketones (excluding diaryl/α,β-unsaturated/α-hetero) is 1. The van der Waals surface area contributed by atoms with Gasteiger partial charge in [0.2, 0.25) is 0 Å². The first-order valence-corrected chi connectivity index (χ1v) is 10.7. The summed E-state index contributed by atoms with van der Waals surface area (Å²) < 4.78 is 5.22. The molecular formula is C26H20ClNO6. The molecule has 1 atom stereocenters. The Morgan fingerprint density at radius 1 is 0.941 bits per heavy atom. The molecular weight excluding hydrogens is 458 g/mol. The van der Waals surface area contributed by atoms with E-state index in [0.29, 0.717) is 33.1 Å². The number of carbonyl (C=O) groups is 3. The summed E-state index contributed by atoms with van der Waals surface area (Å²) in [5.74, 6) is -2.34. The first kappa shape index (κ1) is 23.1. The number of benzene rings is 3. The van der Waals surface area contributed by atoms with E-state index in [1.807, 2.05) is 0 Å². The van der Waals surface area contributed by atoms with Crippen LogP contribution in [-0.4, -0.2) is 35.0 Å². The molecule has 0 radical (unpaired) electrons. The lowest BCUT2D eigenvalue weighted by Gasteiger charge is -2.25. The third-order valence-electron chi connectivity index (χ3n) is 5.56. The van der Waals surface area contributed by atoms with E-state index in [4.69, 9.17) is 21.4 Å². The highest BCUT2D eigenvalue weighted by Gasteiger charge is 2.47. The van der Waals surface area contributed by atoms with E-state index in [1.54, 1.807) is 72.8 Å². The van der Waals surface area contributed by atoms with Gasteiger partial charge >= 0.3 is 5.97 Å². The van der Waals surface area contributed by atoms with Crippen LogP contribution in [0.5, 0.6) is 5.75 Å². The maximum atomic E-state index is 13.2. The summed E-state index contributed by atoms with van der Waals surface area (Å²) in [6, 6.07) is 18.6. The maximum absolute atomic E-state index is 13.2. The van der Waals surface area contributed by atoms with Crippen molar-refractivity contribution < 1.29 is 29.3 Å². The lowest BCUT2D eigenvalue weighted by atomic mass is 9.95. The zero-order valence-electron chi connectivity index (χ0n) is 18.1. The minimum absolute atomic E-state index is 0.0629. The molecule has 0 aromatic heterocycles. The van der Waals surface area contributed by atoms with Gasteiger partial charge < -0.3 is 14.9 Å². The number of aliphatic carboxylic acids is 1. The Hall–Kier alpha value is -4.10. The number of carboxylic acid groups (broad SMARTS) is 1. The van der Waals surface area contributed by atoms with Gasteiger partial charge in [0.05, 0.1) is 25.1 Å². The van der Waals surface area contributed by atoms with Crippen molar-refractivity contribution >= 4 is 40.7 Å². The quantitative estimate of drug-likeness (QED) is 0.305. The van der Waals surface area contributed by atoms with Crippen LogP contribution >= 0.6 is 11.6 Å². The molecule has 0 spiro atoms. The average Bonchev–Trinajstić information content (AvgIpc) is 3.10. The fraction of sp³-hybridized carbons (Fsp3) is 0.115. The van der Waals surface area contributed by atoms with E-state index >= 15 is 0 Å². The number of carboxylic acids is 1. The Balaban J connectivity index is 1.86. The molecule has 7 nitrogen and oxygen atoms in total. The highest BCUT2D eigenvalue weighted by molar-refractivity contribution is 6.51. The molecule has 1 unspecified atom stereocenters. The van der Waals surface area contributed by atoms with Crippen molar-refractivity contribution in [3.63, 3.8) is 0 Å². The molecule has 172 valence electrons. The fourth-order valence-electron chi connectivity index (χ4n) is 3.91. The zero-order valence-corrected chi connectivity index (χ0v) is 18.8. The topological polar surface area (TPSA) is 104 Å². The van der Waals surface area contributed by atoms with Gasteiger partial charge in [-0.1, -0.05) is 35.9 Å². The molecule has 8 heteroatoms. The summed E-state index contributed by atoms with van der Waals surface area (Å²) >= 11 is 5.95. The number of methoxy groups -OCH3 is 1. The lowest BCUT2D eigenvalue weighted by Crippen LogP contribution is -2.29. The molecule has 1 aliphatic rings. The van der Waals surface area contributed by atoms with E-state index in [1.165, 1.54) is 12.0 Å². The number of rotatable bonds is 6. The smallest absolute Gasteiger partial charge is 0.307 e. The van der Waals surface area contributed by atoms with Crippen molar-refractivity contribution in [3.8, 4) is 5.75 Å². The largest absolute Gasteiger partial charge is 0.507 e. The number of carbonyl (C=O) groups excluding carboxylic acids is 2. The molecule has 1 heterocycles. The Kier molecular flexibility index (Phi) is 6.38. The number of amides is 1. The number of aliphatic hydroxyl groups is 1. The van der Waals surface area contributed by atoms with Crippen molar-refractivity contribution in [2.24, 2.45) is 0 Å². The SMILES string of the molecule is COc1ccc(C2/C(=C(\O)c3ccc(Cl)cc3)C(=O)C(=O)N2c2ccc(CC(=O)O)cc2)cc1. The molecule has 1 amide bonds. The van der Waals surface area contributed by atoms with Crippen molar-refractivity contribution in [2.75, 3.05) is 12.0 Å². The second-order valence-corrected chi connectivity index (χ2v) is 8.12. The Bertz CT molecular complexity index is 1280. The molecule has 1 aliphatic heterocycles. The first-order valence-electron chi connectivity index (χ1n) is 10.3. The number of nitrogens with zero attached hydrogens (tertiary/aromatic N) is 1. The molecule has 4 rings (SSSR count). The van der Waals surface area contributed by atoms with Crippen LogP contribution in [0.4, 0.5) is 5.69 Å². The minimum Gasteiger partial charge on any atom is -0.507 e. The Morgan fingerprint density at radius 2 is 1.56 bits per heavy atom. The summed E-state index contributed by atoms with van der Waals surface area (Å²) in [6.07, 6.45) is -0.169. The fourth-order valence-corrected chi connectivity index (χ4v) is 4.04. The van der Waals surface area contributed by atoms with Crippen LogP contribution in [0.15, 0.2) is 78.4 Å². The molecule has 3 aromatic carbocycles. The lowest BCUT2D eigenvalue weighted by molar-refractivity contribution is -0.136. The van der Waals surface area contributed by atoms with Gasteiger partial charge in [0.1, 0.15) is 11.5 Å². The summed E-state index contributed by atoms with van der Waals surface area (Å²) in [5, 5.41) is 20.6. The number of aliphatic hydroxyl groups excluding tert-OH is 1. The second-order valence-electron chi connectivity index (χ2n) is 7.69. The summed E-state index contributed by atoms with van der Waals surface area (Å²) in [6.45, 7) is 0. The van der Waals surface area contributed by atoms with Crippen LogP contribution in [0.3, 0.4) is 0 Å². The van der Waals surface area contributed by atoms with Crippen LogP contribution in [0.2, 0.25) is 5.02 Å². The van der Waals surface area contributed by atoms with Gasteiger partial charge in [-0.25, -0.2) is 0 Å². The van der Waals surface area contributed by atoms with Crippen LogP contribution in [0.1, 0.15) is 22.7 Å². The molecule has 1 saturated heterocycles. The predicted octanol–water partition coefficient (Wildman–Crippen LogP) is 4.60.